The fourth-order valence-corrected chi connectivity index (χ4v) is 5.21. The molecular formula is C24H32Br2O4S. The van der Waals surface area contributed by atoms with Gasteiger partial charge in [0.1, 0.15) is 0 Å². The SMILES string of the molecule is CCOC(OCC)C(SC(c1ccc(Br)cc1)C(OCC)OCC)c1ccc(Br)cc1. The first-order chi connectivity index (χ1) is 15.0. The minimum absolute atomic E-state index is 0.0648. The van der Waals surface area contributed by atoms with Crippen molar-refractivity contribution in [2.75, 3.05) is 26.4 Å². The number of halogens is 2. The minimum atomic E-state index is -0.386. The molecule has 2 atom stereocenters. The molecule has 2 rings (SSSR count). The van der Waals surface area contributed by atoms with Crippen LogP contribution in [0.2, 0.25) is 0 Å². The summed E-state index contributed by atoms with van der Waals surface area (Å²) in [5.74, 6) is 0. The molecule has 2 aromatic rings. The van der Waals surface area contributed by atoms with Crippen LogP contribution in [0.15, 0.2) is 57.5 Å². The first-order valence-corrected chi connectivity index (χ1v) is 13.2. The van der Waals surface area contributed by atoms with E-state index >= 15 is 0 Å². The van der Waals surface area contributed by atoms with Gasteiger partial charge < -0.3 is 18.9 Å². The molecule has 0 N–H and O–H groups in total. The first kappa shape index (κ1) is 26.8. The molecule has 0 amide bonds. The lowest BCUT2D eigenvalue weighted by Crippen LogP contribution is -2.29. The van der Waals surface area contributed by atoms with Gasteiger partial charge in [0.2, 0.25) is 0 Å². The van der Waals surface area contributed by atoms with Crippen LogP contribution in [0, 0.1) is 0 Å². The lowest BCUT2D eigenvalue weighted by atomic mass is 10.1. The van der Waals surface area contributed by atoms with Crippen LogP contribution in [-0.4, -0.2) is 39.0 Å². The van der Waals surface area contributed by atoms with Crippen LogP contribution >= 0.6 is 43.6 Å². The van der Waals surface area contributed by atoms with Crippen molar-refractivity contribution in [1.29, 1.82) is 0 Å². The maximum absolute atomic E-state index is 6.04. The highest BCUT2D eigenvalue weighted by molar-refractivity contribution is 9.10. The lowest BCUT2D eigenvalue weighted by Gasteiger charge is -2.33. The van der Waals surface area contributed by atoms with Crippen molar-refractivity contribution in [2.24, 2.45) is 0 Å². The average molecular weight is 576 g/mol. The molecule has 0 saturated carbocycles. The Bertz CT molecular complexity index is 667. The zero-order chi connectivity index (χ0) is 22.6. The number of benzene rings is 2. The van der Waals surface area contributed by atoms with E-state index in [1.165, 1.54) is 0 Å². The van der Waals surface area contributed by atoms with Crippen molar-refractivity contribution in [3.8, 4) is 0 Å². The molecule has 172 valence electrons. The van der Waals surface area contributed by atoms with Gasteiger partial charge in [-0.1, -0.05) is 56.1 Å². The molecule has 7 heteroatoms. The first-order valence-electron chi connectivity index (χ1n) is 10.7. The summed E-state index contributed by atoms with van der Waals surface area (Å²) < 4.78 is 26.2. The maximum Gasteiger partial charge on any atom is 0.173 e. The van der Waals surface area contributed by atoms with Gasteiger partial charge in [-0.15, -0.1) is 11.8 Å². The number of thioether (sulfide) groups is 1. The third kappa shape index (κ3) is 8.46. The van der Waals surface area contributed by atoms with Crippen LogP contribution in [0.3, 0.4) is 0 Å². The molecule has 0 aliphatic rings. The van der Waals surface area contributed by atoms with Gasteiger partial charge in [-0.05, 0) is 63.1 Å². The monoisotopic (exact) mass is 574 g/mol. The summed E-state index contributed by atoms with van der Waals surface area (Å²) in [6.45, 7) is 10.2. The second-order valence-electron chi connectivity index (χ2n) is 6.64. The van der Waals surface area contributed by atoms with Crippen LogP contribution in [0.5, 0.6) is 0 Å². The fraction of sp³-hybridized carbons (Fsp3) is 0.500. The Labute approximate surface area is 207 Å². The van der Waals surface area contributed by atoms with Gasteiger partial charge in [0.25, 0.3) is 0 Å². The van der Waals surface area contributed by atoms with Crippen molar-refractivity contribution in [3.63, 3.8) is 0 Å². The Morgan fingerprint density at radius 1 is 0.581 bits per heavy atom. The number of ether oxygens (including phenoxy) is 4. The lowest BCUT2D eigenvalue weighted by molar-refractivity contribution is -0.141. The molecular weight excluding hydrogens is 544 g/mol. The minimum Gasteiger partial charge on any atom is -0.351 e. The highest BCUT2D eigenvalue weighted by atomic mass is 79.9. The Balaban J connectivity index is 2.47. The van der Waals surface area contributed by atoms with E-state index in [9.17, 15) is 0 Å². The Kier molecular flexibility index (Phi) is 12.7. The van der Waals surface area contributed by atoms with Gasteiger partial charge in [0.05, 0.1) is 10.5 Å². The molecule has 0 aliphatic carbocycles. The number of hydrogen-bond acceptors (Lipinski definition) is 5. The van der Waals surface area contributed by atoms with Crippen molar-refractivity contribution in [3.05, 3.63) is 68.6 Å². The van der Waals surface area contributed by atoms with Gasteiger partial charge in [-0.2, -0.15) is 0 Å². The van der Waals surface area contributed by atoms with Gasteiger partial charge in [-0.25, -0.2) is 0 Å². The summed E-state index contributed by atoms with van der Waals surface area (Å²) in [6, 6.07) is 16.7. The summed E-state index contributed by atoms with van der Waals surface area (Å²) in [5.41, 5.74) is 2.27. The van der Waals surface area contributed by atoms with Crippen LogP contribution in [-0.2, 0) is 18.9 Å². The molecule has 0 fully saturated rings. The van der Waals surface area contributed by atoms with E-state index in [1.54, 1.807) is 11.8 Å². The molecule has 0 aliphatic heterocycles. The summed E-state index contributed by atoms with van der Waals surface area (Å²) in [4.78, 5) is 0. The largest absolute Gasteiger partial charge is 0.351 e. The summed E-state index contributed by atoms with van der Waals surface area (Å²) >= 11 is 8.83. The maximum atomic E-state index is 6.04. The molecule has 4 nitrogen and oxygen atoms in total. The van der Waals surface area contributed by atoms with E-state index in [1.807, 2.05) is 27.7 Å². The summed E-state index contributed by atoms with van der Waals surface area (Å²) in [7, 11) is 0. The molecule has 0 heterocycles. The molecule has 0 spiro atoms. The zero-order valence-electron chi connectivity index (χ0n) is 18.6. The van der Waals surface area contributed by atoms with Gasteiger partial charge in [-0.3, -0.25) is 0 Å². The van der Waals surface area contributed by atoms with Crippen LogP contribution in [0.25, 0.3) is 0 Å². The van der Waals surface area contributed by atoms with E-state index in [0.29, 0.717) is 26.4 Å². The zero-order valence-corrected chi connectivity index (χ0v) is 22.5. The number of hydrogen-bond donors (Lipinski definition) is 0. The van der Waals surface area contributed by atoms with E-state index in [2.05, 4.69) is 80.4 Å². The second kappa shape index (κ2) is 14.7. The topological polar surface area (TPSA) is 36.9 Å². The van der Waals surface area contributed by atoms with Gasteiger partial charge in [0, 0.05) is 35.4 Å². The predicted molar refractivity (Wildman–Crippen MR) is 135 cm³/mol. The normalized spacial score (nSPS) is 13.7. The van der Waals surface area contributed by atoms with Crippen molar-refractivity contribution in [2.45, 2.75) is 50.8 Å². The van der Waals surface area contributed by atoms with Crippen molar-refractivity contribution >= 4 is 43.6 Å². The molecule has 0 radical (unpaired) electrons. The van der Waals surface area contributed by atoms with Gasteiger partial charge >= 0.3 is 0 Å². The van der Waals surface area contributed by atoms with Crippen LogP contribution in [0.1, 0.15) is 49.3 Å². The molecule has 2 aromatic carbocycles. The predicted octanol–water partition coefficient (Wildman–Crippen LogP) is 7.53. The van der Waals surface area contributed by atoms with Crippen molar-refractivity contribution in [1.82, 2.24) is 0 Å². The highest BCUT2D eigenvalue weighted by Gasteiger charge is 2.33. The smallest absolute Gasteiger partial charge is 0.173 e. The summed E-state index contributed by atoms with van der Waals surface area (Å²) in [6.07, 6.45) is -0.772. The van der Waals surface area contributed by atoms with Gasteiger partial charge in [0.15, 0.2) is 12.6 Å². The Hall–Kier alpha value is -0.410. The quantitative estimate of drug-likeness (QED) is 0.218. The van der Waals surface area contributed by atoms with E-state index in [4.69, 9.17) is 18.9 Å². The second-order valence-corrected chi connectivity index (χ2v) is 9.76. The molecule has 2 unspecified atom stereocenters. The molecule has 0 saturated heterocycles. The van der Waals surface area contributed by atoms with E-state index in [0.717, 1.165) is 20.1 Å². The average Bonchev–Trinajstić information content (AvgIpc) is 2.76. The van der Waals surface area contributed by atoms with Crippen molar-refractivity contribution < 1.29 is 18.9 Å². The fourth-order valence-electron chi connectivity index (χ4n) is 3.17. The molecule has 31 heavy (non-hydrogen) atoms. The Morgan fingerprint density at radius 2 is 0.871 bits per heavy atom. The summed E-state index contributed by atoms with van der Waals surface area (Å²) in [5, 5.41) is -0.130. The highest BCUT2D eigenvalue weighted by Crippen LogP contribution is 2.46. The number of rotatable bonds is 14. The standard InChI is InChI=1S/C24H32Br2O4S/c1-5-27-23(28-6-2)21(17-9-13-19(25)14-10-17)31-22(24(29-7-3)30-8-4)18-11-15-20(26)16-12-18/h9-16,21-24H,5-8H2,1-4H3. The Morgan fingerprint density at radius 3 is 1.13 bits per heavy atom. The third-order valence-electron chi connectivity index (χ3n) is 4.51. The van der Waals surface area contributed by atoms with E-state index in [-0.39, 0.29) is 23.1 Å². The van der Waals surface area contributed by atoms with Crippen LogP contribution < -0.4 is 0 Å². The van der Waals surface area contributed by atoms with E-state index < -0.39 is 0 Å². The molecule has 0 aromatic heterocycles. The third-order valence-corrected chi connectivity index (χ3v) is 7.14. The van der Waals surface area contributed by atoms with Crippen LogP contribution in [0.4, 0.5) is 0 Å². The molecule has 0 bridgehead atoms.